The molecule has 0 atom stereocenters. The maximum absolute atomic E-state index is 12.2. The molecule has 0 aliphatic heterocycles. The van der Waals surface area contributed by atoms with Gasteiger partial charge in [0.2, 0.25) is 11.9 Å². The minimum Gasteiger partial charge on any atom is -0.385 e. The van der Waals surface area contributed by atoms with E-state index in [0.29, 0.717) is 31.8 Å². The second kappa shape index (κ2) is 7.36. The lowest BCUT2D eigenvalue weighted by Gasteiger charge is -2.17. The summed E-state index contributed by atoms with van der Waals surface area (Å²) in [6.07, 6.45) is 1.89. The van der Waals surface area contributed by atoms with Crippen LogP contribution in [-0.2, 0) is 16.0 Å². The molecule has 126 valence electrons. The number of hydrogen-bond acceptors (Lipinski definition) is 6. The molecule has 0 saturated heterocycles. The molecule has 2 aromatic rings. The number of hydrogen-bond donors (Lipinski definition) is 1. The Balaban J connectivity index is 2.05. The Morgan fingerprint density at radius 3 is 2.78 bits per heavy atom. The van der Waals surface area contributed by atoms with Crippen LogP contribution in [0.15, 0.2) is 0 Å². The second-order valence-electron chi connectivity index (χ2n) is 5.60. The Kier molecular flexibility index (Phi) is 5.49. The van der Waals surface area contributed by atoms with Gasteiger partial charge in [0.25, 0.3) is 5.78 Å². The first-order valence-corrected chi connectivity index (χ1v) is 7.65. The highest BCUT2D eigenvalue weighted by Crippen LogP contribution is 2.16. The van der Waals surface area contributed by atoms with E-state index in [4.69, 9.17) is 10.5 Å². The summed E-state index contributed by atoms with van der Waals surface area (Å²) in [4.78, 5) is 22.4. The van der Waals surface area contributed by atoms with Crippen LogP contribution in [-0.4, -0.2) is 57.7 Å². The maximum Gasteiger partial charge on any atom is 0.254 e. The number of ether oxygens (including phenoxy) is 1. The first kappa shape index (κ1) is 17.1. The quantitative estimate of drug-likeness (QED) is 0.756. The molecule has 0 unspecified atom stereocenters. The largest absolute Gasteiger partial charge is 0.385 e. The van der Waals surface area contributed by atoms with Crippen LogP contribution in [0.5, 0.6) is 0 Å². The van der Waals surface area contributed by atoms with Crippen LogP contribution in [0.1, 0.15) is 29.8 Å². The molecular weight excluding hydrogens is 296 g/mol. The molecule has 23 heavy (non-hydrogen) atoms. The van der Waals surface area contributed by atoms with Crippen molar-refractivity contribution >= 4 is 17.6 Å². The fourth-order valence-corrected chi connectivity index (χ4v) is 2.58. The SMILES string of the molecule is COCCCN(C)C(=O)CCc1c(C)nc2nc(N)nn2c1C. The van der Waals surface area contributed by atoms with Crippen molar-refractivity contribution in [1.82, 2.24) is 24.5 Å². The fourth-order valence-electron chi connectivity index (χ4n) is 2.58. The van der Waals surface area contributed by atoms with E-state index in [9.17, 15) is 4.79 Å². The van der Waals surface area contributed by atoms with Crippen LogP contribution in [0.2, 0.25) is 0 Å². The number of carbonyl (C=O) groups excluding carboxylic acids is 1. The average molecular weight is 320 g/mol. The van der Waals surface area contributed by atoms with Gasteiger partial charge in [-0.25, -0.2) is 4.98 Å². The topological polar surface area (TPSA) is 98.6 Å². The molecule has 0 radical (unpaired) electrons. The molecule has 2 aromatic heterocycles. The van der Waals surface area contributed by atoms with E-state index in [2.05, 4.69) is 15.1 Å². The summed E-state index contributed by atoms with van der Waals surface area (Å²) in [5.41, 5.74) is 8.42. The molecule has 0 saturated carbocycles. The number of rotatable bonds is 7. The van der Waals surface area contributed by atoms with Crippen molar-refractivity contribution < 1.29 is 9.53 Å². The zero-order valence-electron chi connectivity index (χ0n) is 14.2. The van der Waals surface area contributed by atoms with Gasteiger partial charge in [-0.15, -0.1) is 5.10 Å². The van der Waals surface area contributed by atoms with Gasteiger partial charge in [0.1, 0.15) is 0 Å². The minimum absolute atomic E-state index is 0.109. The maximum atomic E-state index is 12.2. The van der Waals surface area contributed by atoms with E-state index in [-0.39, 0.29) is 11.9 Å². The van der Waals surface area contributed by atoms with E-state index < -0.39 is 0 Å². The van der Waals surface area contributed by atoms with Crippen LogP contribution in [0.4, 0.5) is 5.95 Å². The lowest BCUT2D eigenvalue weighted by molar-refractivity contribution is -0.130. The summed E-state index contributed by atoms with van der Waals surface area (Å²) in [5, 5.41) is 4.14. The molecule has 2 N–H and O–H groups in total. The third kappa shape index (κ3) is 3.95. The standard InChI is InChI=1S/C15H24N6O2/c1-10-12(6-7-13(22)20(3)8-5-9-23-4)11(2)21-15(17-10)18-14(16)19-21/h5-9H2,1-4H3,(H2,16,19). The van der Waals surface area contributed by atoms with Crippen molar-refractivity contribution in [2.24, 2.45) is 0 Å². The third-order valence-electron chi connectivity index (χ3n) is 3.92. The number of fused-ring (bicyclic) bond motifs is 1. The Labute approximate surface area is 135 Å². The summed E-state index contributed by atoms with van der Waals surface area (Å²) in [6, 6.07) is 0. The minimum atomic E-state index is 0.109. The van der Waals surface area contributed by atoms with E-state index in [1.807, 2.05) is 20.9 Å². The number of aromatic nitrogens is 4. The first-order chi connectivity index (χ1) is 10.9. The van der Waals surface area contributed by atoms with Crippen molar-refractivity contribution in [3.63, 3.8) is 0 Å². The molecule has 0 fully saturated rings. The van der Waals surface area contributed by atoms with Crippen LogP contribution < -0.4 is 5.73 Å². The van der Waals surface area contributed by atoms with Crippen molar-refractivity contribution in [2.45, 2.75) is 33.1 Å². The normalized spacial score (nSPS) is 11.1. The van der Waals surface area contributed by atoms with Gasteiger partial charge < -0.3 is 15.4 Å². The number of amides is 1. The van der Waals surface area contributed by atoms with Gasteiger partial charge in [-0.1, -0.05) is 0 Å². The number of anilines is 1. The Hall–Kier alpha value is -2.22. The predicted molar refractivity (Wildman–Crippen MR) is 87.1 cm³/mol. The van der Waals surface area contributed by atoms with Gasteiger partial charge in [-0.3, -0.25) is 4.79 Å². The van der Waals surface area contributed by atoms with E-state index in [1.54, 1.807) is 16.5 Å². The summed E-state index contributed by atoms with van der Waals surface area (Å²) in [5.74, 6) is 0.800. The van der Waals surface area contributed by atoms with Crippen LogP contribution in [0.3, 0.4) is 0 Å². The average Bonchev–Trinajstić information content (AvgIpc) is 2.87. The summed E-state index contributed by atoms with van der Waals surface area (Å²) in [7, 11) is 3.48. The molecule has 1 amide bonds. The van der Waals surface area contributed by atoms with Crippen LogP contribution in [0, 0.1) is 13.8 Å². The molecule has 8 heteroatoms. The van der Waals surface area contributed by atoms with E-state index >= 15 is 0 Å². The summed E-state index contributed by atoms with van der Waals surface area (Å²) < 4.78 is 6.63. The molecule has 2 heterocycles. The number of methoxy groups -OCH3 is 1. The van der Waals surface area contributed by atoms with Gasteiger partial charge >= 0.3 is 0 Å². The lowest BCUT2D eigenvalue weighted by atomic mass is 10.1. The van der Waals surface area contributed by atoms with Crippen LogP contribution >= 0.6 is 0 Å². The first-order valence-electron chi connectivity index (χ1n) is 7.65. The molecule has 0 aromatic carbocycles. The van der Waals surface area contributed by atoms with Crippen LogP contribution in [0.25, 0.3) is 5.78 Å². The second-order valence-corrected chi connectivity index (χ2v) is 5.60. The lowest BCUT2D eigenvalue weighted by Crippen LogP contribution is -2.28. The molecule has 8 nitrogen and oxygen atoms in total. The van der Waals surface area contributed by atoms with Crippen molar-refractivity contribution in [3.05, 3.63) is 17.0 Å². The number of nitrogen functional groups attached to an aromatic ring is 1. The van der Waals surface area contributed by atoms with Gasteiger partial charge in [-0.05, 0) is 32.3 Å². The Morgan fingerprint density at radius 1 is 1.35 bits per heavy atom. The smallest absolute Gasteiger partial charge is 0.254 e. The molecule has 0 aliphatic carbocycles. The third-order valence-corrected chi connectivity index (χ3v) is 3.92. The van der Waals surface area contributed by atoms with Gasteiger partial charge in [0.15, 0.2) is 0 Å². The van der Waals surface area contributed by atoms with Gasteiger partial charge in [0.05, 0.1) is 0 Å². The Morgan fingerprint density at radius 2 is 2.09 bits per heavy atom. The summed E-state index contributed by atoms with van der Waals surface area (Å²) >= 11 is 0. The Bertz CT molecular complexity index is 697. The highest BCUT2D eigenvalue weighted by atomic mass is 16.5. The number of aryl methyl sites for hydroxylation is 2. The molecule has 2 rings (SSSR count). The predicted octanol–water partition coefficient (Wildman–Crippen LogP) is 0.751. The molecule has 0 spiro atoms. The number of carbonyl (C=O) groups is 1. The van der Waals surface area contributed by atoms with Gasteiger partial charge in [-0.2, -0.15) is 9.50 Å². The molecule has 0 bridgehead atoms. The van der Waals surface area contributed by atoms with Crippen molar-refractivity contribution in [3.8, 4) is 0 Å². The van der Waals surface area contributed by atoms with Crippen molar-refractivity contribution in [2.75, 3.05) is 33.0 Å². The van der Waals surface area contributed by atoms with Crippen molar-refractivity contribution in [1.29, 1.82) is 0 Å². The van der Waals surface area contributed by atoms with E-state index in [0.717, 1.165) is 23.4 Å². The molecular formula is C15H24N6O2. The highest BCUT2D eigenvalue weighted by molar-refractivity contribution is 5.76. The zero-order chi connectivity index (χ0) is 17.0. The zero-order valence-corrected chi connectivity index (χ0v) is 14.2. The highest BCUT2D eigenvalue weighted by Gasteiger charge is 2.15. The molecule has 0 aliphatic rings. The van der Waals surface area contributed by atoms with Gasteiger partial charge in [0, 0.05) is 45.1 Å². The monoisotopic (exact) mass is 320 g/mol. The summed E-state index contributed by atoms with van der Waals surface area (Å²) in [6.45, 7) is 5.21. The fraction of sp³-hybridized carbons (Fsp3) is 0.600. The number of nitrogens with two attached hydrogens (primary N) is 1. The number of nitrogens with zero attached hydrogens (tertiary/aromatic N) is 5. The van der Waals surface area contributed by atoms with E-state index in [1.165, 1.54) is 0 Å².